The molecule has 0 saturated carbocycles. The molecule has 1 aliphatic rings. The second kappa shape index (κ2) is 8.81. The van der Waals surface area contributed by atoms with Crippen LogP contribution in [0.15, 0.2) is 64.5 Å². The Morgan fingerprint density at radius 1 is 1.14 bits per heavy atom. The molecule has 0 fully saturated rings. The number of hydrogen-bond acceptors (Lipinski definition) is 5. The van der Waals surface area contributed by atoms with Crippen molar-refractivity contribution >= 4 is 17.3 Å². The Morgan fingerprint density at radius 2 is 1.92 bits per heavy atom. The minimum Gasteiger partial charge on any atom is -0.594 e. The van der Waals surface area contributed by atoms with Crippen LogP contribution in [0.1, 0.15) is 33.6 Å². The Hall–Kier alpha value is -4.73. The standard InChI is InChI=1S/C26H21FN4O5/c1-14-23(25(33)30(28-14)20-9-8-15-4-2-5-16(15)11-20)29-31(36)22-13-19(27)12-21(24(22)32)17-6-3-7-18(10-17)26(34)35/h3,6-13,28,32H,2,4-5H2,1H3,(H,34,35). The van der Waals surface area contributed by atoms with Crippen molar-refractivity contribution in [2.75, 3.05) is 0 Å². The predicted octanol–water partition coefficient (Wildman–Crippen LogP) is 5.10. The lowest BCUT2D eigenvalue weighted by Gasteiger charge is -2.09. The number of carboxylic acid groups (broad SMARTS) is 1. The molecule has 3 aromatic carbocycles. The Labute approximate surface area is 204 Å². The predicted molar refractivity (Wildman–Crippen MR) is 129 cm³/mol. The molecule has 0 bridgehead atoms. The molecule has 1 aliphatic carbocycles. The lowest BCUT2D eigenvalue weighted by Crippen LogP contribution is -2.14. The first-order valence-electron chi connectivity index (χ1n) is 11.2. The number of halogens is 1. The van der Waals surface area contributed by atoms with Gasteiger partial charge in [-0.1, -0.05) is 18.2 Å². The number of nitrogens with one attached hydrogen (secondary N) is 1. The molecule has 0 saturated heterocycles. The lowest BCUT2D eigenvalue weighted by atomic mass is 10.0. The quantitative estimate of drug-likeness (QED) is 0.204. The largest absolute Gasteiger partial charge is 0.594 e. The summed E-state index contributed by atoms with van der Waals surface area (Å²) in [5.74, 6) is -2.66. The van der Waals surface area contributed by atoms with Crippen molar-refractivity contribution in [1.29, 1.82) is 0 Å². The number of aromatic carboxylic acids is 1. The number of benzene rings is 3. The van der Waals surface area contributed by atoms with Gasteiger partial charge in [-0.3, -0.25) is 9.89 Å². The Balaban J connectivity index is 1.57. The first kappa shape index (κ1) is 23.0. The Kier molecular flexibility index (Phi) is 5.63. The van der Waals surface area contributed by atoms with Crippen molar-refractivity contribution in [2.24, 2.45) is 5.11 Å². The highest BCUT2D eigenvalue weighted by atomic mass is 19.1. The van der Waals surface area contributed by atoms with Crippen LogP contribution in [0.3, 0.4) is 0 Å². The normalized spacial score (nSPS) is 13.1. The maximum absolute atomic E-state index is 14.4. The molecular weight excluding hydrogens is 467 g/mol. The summed E-state index contributed by atoms with van der Waals surface area (Å²) >= 11 is 0. The van der Waals surface area contributed by atoms with Gasteiger partial charge in [-0.15, -0.1) is 0 Å². The van der Waals surface area contributed by atoms with E-state index in [2.05, 4.69) is 10.2 Å². The van der Waals surface area contributed by atoms with Crippen molar-refractivity contribution in [3.63, 3.8) is 0 Å². The number of aryl methyl sites for hydroxylation is 3. The molecule has 182 valence electrons. The first-order chi connectivity index (χ1) is 17.2. The molecule has 0 aliphatic heterocycles. The van der Waals surface area contributed by atoms with Crippen molar-refractivity contribution in [3.8, 4) is 22.6 Å². The molecule has 0 unspecified atom stereocenters. The summed E-state index contributed by atoms with van der Waals surface area (Å²) in [6.07, 6.45) is 2.99. The van der Waals surface area contributed by atoms with Gasteiger partial charge in [-0.25, -0.2) is 13.9 Å². The number of aromatic amines is 1. The summed E-state index contributed by atoms with van der Waals surface area (Å²) in [7, 11) is 0. The summed E-state index contributed by atoms with van der Waals surface area (Å²) in [6.45, 7) is 1.58. The number of azo groups is 1. The highest BCUT2D eigenvalue weighted by molar-refractivity contribution is 5.90. The number of fused-ring (bicyclic) bond motifs is 1. The van der Waals surface area contributed by atoms with Gasteiger partial charge in [0.2, 0.25) is 5.69 Å². The lowest BCUT2D eigenvalue weighted by molar-refractivity contribution is -0.436. The number of phenols is 1. The average Bonchev–Trinajstić information content (AvgIpc) is 3.44. The Morgan fingerprint density at radius 3 is 2.69 bits per heavy atom. The highest BCUT2D eigenvalue weighted by Crippen LogP contribution is 2.38. The van der Waals surface area contributed by atoms with E-state index in [-0.39, 0.29) is 27.2 Å². The fourth-order valence-corrected chi connectivity index (χ4v) is 4.45. The smallest absolute Gasteiger partial charge is 0.335 e. The van der Waals surface area contributed by atoms with E-state index in [0.717, 1.165) is 31.4 Å². The maximum atomic E-state index is 14.4. The number of nitrogens with zero attached hydrogens (tertiary/aromatic N) is 3. The zero-order chi connectivity index (χ0) is 25.6. The maximum Gasteiger partial charge on any atom is 0.335 e. The Bertz CT molecular complexity index is 1620. The third-order valence-corrected chi connectivity index (χ3v) is 6.25. The van der Waals surface area contributed by atoms with Crippen LogP contribution in [-0.2, 0) is 12.8 Å². The van der Waals surface area contributed by atoms with Crippen LogP contribution in [0.5, 0.6) is 5.75 Å². The minimum atomic E-state index is -1.20. The van der Waals surface area contributed by atoms with Crippen LogP contribution in [-0.4, -0.2) is 30.8 Å². The summed E-state index contributed by atoms with van der Waals surface area (Å²) in [5.41, 5.74) is 2.07. The zero-order valence-corrected chi connectivity index (χ0v) is 19.2. The van der Waals surface area contributed by atoms with Crippen LogP contribution in [0.2, 0.25) is 0 Å². The van der Waals surface area contributed by atoms with E-state index in [4.69, 9.17) is 0 Å². The molecular formula is C26H21FN4O5. The zero-order valence-electron chi connectivity index (χ0n) is 19.2. The summed E-state index contributed by atoms with van der Waals surface area (Å²) in [4.78, 5) is 24.4. The van der Waals surface area contributed by atoms with Gasteiger partial charge in [-0.05, 0) is 78.1 Å². The molecule has 9 nitrogen and oxygen atoms in total. The third-order valence-electron chi connectivity index (χ3n) is 6.25. The van der Waals surface area contributed by atoms with Crippen molar-refractivity contribution in [2.45, 2.75) is 26.2 Å². The number of rotatable bonds is 5. The van der Waals surface area contributed by atoms with Crippen LogP contribution >= 0.6 is 0 Å². The number of aromatic nitrogens is 2. The van der Waals surface area contributed by atoms with E-state index in [1.165, 1.54) is 40.1 Å². The molecule has 5 rings (SSSR count). The van der Waals surface area contributed by atoms with Gasteiger partial charge in [0.25, 0.3) is 5.69 Å². The monoisotopic (exact) mass is 488 g/mol. The van der Waals surface area contributed by atoms with Gasteiger partial charge in [0.1, 0.15) is 5.82 Å². The van der Waals surface area contributed by atoms with Crippen molar-refractivity contribution < 1.29 is 24.3 Å². The molecule has 3 N–H and O–H groups in total. The van der Waals surface area contributed by atoms with Gasteiger partial charge in [0.15, 0.2) is 5.75 Å². The second-order valence-electron chi connectivity index (χ2n) is 8.61. The van der Waals surface area contributed by atoms with Gasteiger partial charge in [0, 0.05) is 10.7 Å². The van der Waals surface area contributed by atoms with E-state index in [9.17, 15) is 29.4 Å². The number of carbonyl (C=O) groups is 1. The molecule has 0 atom stereocenters. The highest BCUT2D eigenvalue weighted by Gasteiger charge is 2.23. The number of aromatic hydroxyl groups is 1. The van der Waals surface area contributed by atoms with E-state index in [0.29, 0.717) is 11.4 Å². The number of hydrogen-bond donors (Lipinski definition) is 3. The molecule has 36 heavy (non-hydrogen) atoms. The van der Waals surface area contributed by atoms with E-state index < -0.39 is 28.8 Å². The van der Waals surface area contributed by atoms with Crippen LogP contribution < -0.4 is 5.56 Å². The van der Waals surface area contributed by atoms with Crippen molar-refractivity contribution in [3.05, 3.63) is 98.4 Å². The van der Waals surface area contributed by atoms with Gasteiger partial charge >= 0.3 is 11.5 Å². The first-order valence-corrected chi connectivity index (χ1v) is 11.2. The van der Waals surface area contributed by atoms with Crippen LogP contribution in [0, 0.1) is 17.9 Å². The summed E-state index contributed by atoms with van der Waals surface area (Å²) < 4.78 is 15.7. The SMILES string of the molecule is Cc1[nH]n(-c2ccc3c(c2)CCC3)c(=O)c1N=[N+]([O-])c1cc(F)cc(-c2cccc(C(=O)O)c2)c1O. The van der Waals surface area contributed by atoms with Gasteiger partial charge in [0.05, 0.1) is 23.0 Å². The summed E-state index contributed by atoms with van der Waals surface area (Å²) in [6, 6.07) is 13.0. The van der Waals surface area contributed by atoms with E-state index in [1.807, 2.05) is 18.2 Å². The van der Waals surface area contributed by atoms with Crippen molar-refractivity contribution in [1.82, 2.24) is 9.78 Å². The number of H-pyrrole nitrogens is 1. The van der Waals surface area contributed by atoms with Crippen LogP contribution in [0.4, 0.5) is 15.8 Å². The fourth-order valence-electron chi connectivity index (χ4n) is 4.45. The van der Waals surface area contributed by atoms with E-state index in [1.54, 1.807) is 6.92 Å². The molecule has 0 spiro atoms. The van der Waals surface area contributed by atoms with Gasteiger partial charge in [-0.2, -0.15) is 0 Å². The molecule has 0 amide bonds. The molecule has 1 heterocycles. The number of phenolic OH excluding ortho intramolecular Hbond substituents is 1. The topological polar surface area (TPSA) is 134 Å². The molecule has 0 radical (unpaired) electrons. The fraction of sp³-hybridized carbons (Fsp3) is 0.154. The molecule has 1 aromatic heterocycles. The second-order valence-corrected chi connectivity index (χ2v) is 8.61. The third kappa shape index (κ3) is 4.02. The number of carboxylic acids is 1. The van der Waals surface area contributed by atoms with E-state index >= 15 is 0 Å². The molecule has 10 heteroatoms. The van der Waals surface area contributed by atoms with Crippen LogP contribution in [0.25, 0.3) is 16.8 Å². The average molecular weight is 488 g/mol. The molecule has 4 aromatic rings. The summed E-state index contributed by atoms with van der Waals surface area (Å²) in [5, 5.41) is 39.6. The minimum absolute atomic E-state index is 0.0203. The van der Waals surface area contributed by atoms with Gasteiger partial charge < -0.3 is 15.4 Å².